The van der Waals surface area contributed by atoms with Crippen molar-refractivity contribution >= 4 is 28.6 Å². The number of rotatable bonds is 8. The standard InChI is InChI=1S/C26H28N4O2S/c1-2-3-8-19-11-13-20(14-12-19)30-24(32)21-9-4-5-10-22(21)28-25(30)33-17-23(31)29-26(18-27)15-6-7-16-26/h4-5,9-14H,2-3,6-8,15-17H2,1H3,(H,29,31). The van der Waals surface area contributed by atoms with Crippen molar-refractivity contribution in [1.29, 1.82) is 5.26 Å². The molecule has 33 heavy (non-hydrogen) atoms. The Morgan fingerprint density at radius 2 is 1.91 bits per heavy atom. The highest BCUT2D eigenvalue weighted by molar-refractivity contribution is 7.99. The Morgan fingerprint density at radius 1 is 1.18 bits per heavy atom. The first-order valence-corrected chi connectivity index (χ1v) is 12.5. The second kappa shape index (κ2) is 10.2. The summed E-state index contributed by atoms with van der Waals surface area (Å²) in [5.41, 5.74) is 1.64. The van der Waals surface area contributed by atoms with Crippen molar-refractivity contribution < 1.29 is 4.79 Å². The summed E-state index contributed by atoms with van der Waals surface area (Å²) in [6.07, 6.45) is 6.52. The van der Waals surface area contributed by atoms with Crippen LogP contribution in [0.15, 0.2) is 58.5 Å². The van der Waals surface area contributed by atoms with Crippen LogP contribution in [0.1, 0.15) is 51.0 Å². The van der Waals surface area contributed by atoms with Crippen LogP contribution in [0.2, 0.25) is 0 Å². The van der Waals surface area contributed by atoms with Crippen molar-refractivity contribution in [1.82, 2.24) is 14.9 Å². The van der Waals surface area contributed by atoms with Gasteiger partial charge in [-0.1, -0.05) is 49.4 Å². The van der Waals surface area contributed by atoms with Gasteiger partial charge in [0.15, 0.2) is 5.16 Å². The fourth-order valence-corrected chi connectivity index (χ4v) is 5.12. The van der Waals surface area contributed by atoms with Crippen LogP contribution in [0.25, 0.3) is 16.6 Å². The fourth-order valence-electron chi connectivity index (χ4n) is 4.31. The highest BCUT2D eigenvalue weighted by Gasteiger charge is 2.35. The largest absolute Gasteiger partial charge is 0.337 e. The molecule has 0 bridgehead atoms. The van der Waals surface area contributed by atoms with E-state index in [0.29, 0.717) is 28.9 Å². The molecule has 1 aromatic heterocycles. The van der Waals surface area contributed by atoms with Crippen LogP contribution in [-0.4, -0.2) is 26.8 Å². The number of carbonyl (C=O) groups is 1. The van der Waals surface area contributed by atoms with Gasteiger partial charge in [0, 0.05) is 0 Å². The number of aryl methyl sites for hydroxylation is 1. The minimum absolute atomic E-state index is 0.0861. The minimum Gasteiger partial charge on any atom is -0.337 e. The number of hydrogen-bond donors (Lipinski definition) is 1. The summed E-state index contributed by atoms with van der Waals surface area (Å²) < 4.78 is 1.58. The van der Waals surface area contributed by atoms with Gasteiger partial charge in [0.25, 0.3) is 5.56 Å². The van der Waals surface area contributed by atoms with Gasteiger partial charge in [0.05, 0.1) is 28.4 Å². The Balaban J connectivity index is 1.63. The van der Waals surface area contributed by atoms with Gasteiger partial charge in [-0.15, -0.1) is 0 Å². The number of amides is 1. The highest BCUT2D eigenvalue weighted by atomic mass is 32.2. The number of nitrogens with zero attached hydrogens (tertiary/aromatic N) is 3. The molecule has 0 aliphatic heterocycles. The molecule has 1 aliphatic rings. The van der Waals surface area contributed by atoms with E-state index in [1.165, 1.54) is 17.3 Å². The molecule has 6 nitrogen and oxygen atoms in total. The summed E-state index contributed by atoms with van der Waals surface area (Å²) in [4.78, 5) is 30.8. The predicted octanol–water partition coefficient (Wildman–Crippen LogP) is 4.77. The van der Waals surface area contributed by atoms with Crippen molar-refractivity contribution in [2.24, 2.45) is 0 Å². The van der Waals surface area contributed by atoms with E-state index >= 15 is 0 Å². The monoisotopic (exact) mass is 460 g/mol. The van der Waals surface area contributed by atoms with Crippen LogP contribution in [0.5, 0.6) is 0 Å². The first-order valence-electron chi connectivity index (χ1n) is 11.5. The molecule has 0 atom stereocenters. The van der Waals surface area contributed by atoms with Gasteiger partial charge in [0.2, 0.25) is 5.91 Å². The second-order valence-electron chi connectivity index (χ2n) is 8.56. The summed E-state index contributed by atoms with van der Waals surface area (Å²) >= 11 is 1.22. The number of nitriles is 1. The van der Waals surface area contributed by atoms with E-state index in [1.54, 1.807) is 10.6 Å². The van der Waals surface area contributed by atoms with E-state index in [4.69, 9.17) is 4.98 Å². The third-order valence-corrected chi connectivity index (χ3v) is 7.08. The molecular weight excluding hydrogens is 432 g/mol. The molecule has 0 radical (unpaired) electrons. The SMILES string of the molecule is CCCCc1ccc(-n2c(SCC(=O)NC3(C#N)CCCC3)nc3ccccc3c2=O)cc1. The lowest BCUT2D eigenvalue weighted by Gasteiger charge is -2.22. The van der Waals surface area contributed by atoms with Gasteiger partial charge < -0.3 is 5.32 Å². The van der Waals surface area contributed by atoms with Gasteiger partial charge in [0.1, 0.15) is 5.54 Å². The maximum Gasteiger partial charge on any atom is 0.266 e. The quantitative estimate of drug-likeness (QED) is 0.386. The maximum absolute atomic E-state index is 13.4. The lowest BCUT2D eigenvalue weighted by Crippen LogP contribution is -2.45. The molecule has 0 saturated heterocycles. The van der Waals surface area contributed by atoms with Crippen molar-refractivity contribution in [3.63, 3.8) is 0 Å². The van der Waals surface area contributed by atoms with E-state index in [2.05, 4.69) is 18.3 Å². The molecule has 1 fully saturated rings. The molecule has 0 unspecified atom stereocenters. The van der Waals surface area contributed by atoms with Crippen LogP contribution in [0, 0.1) is 11.3 Å². The van der Waals surface area contributed by atoms with E-state index in [9.17, 15) is 14.9 Å². The van der Waals surface area contributed by atoms with E-state index in [1.807, 2.05) is 42.5 Å². The summed E-state index contributed by atoms with van der Waals surface area (Å²) in [7, 11) is 0. The van der Waals surface area contributed by atoms with Crippen LogP contribution >= 0.6 is 11.8 Å². The number of carbonyl (C=O) groups excluding carboxylic acids is 1. The number of nitrogens with one attached hydrogen (secondary N) is 1. The van der Waals surface area contributed by atoms with E-state index in [0.717, 1.165) is 37.8 Å². The Morgan fingerprint density at radius 3 is 2.61 bits per heavy atom. The van der Waals surface area contributed by atoms with Crippen molar-refractivity contribution in [2.75, 3.05) is 5.75 Å². The third kappa shape index (κ3) is 5.12. The number of unbranched alkanes of at least 4 members (excludes halogenated alkanes) is 1. The van der Waals surface area contributed by atoms with Crippen molar-refractivity contribution in [3.05, 3.63) is 64.4 Å². The number of thioether (sulfide) groups is 1. The second-order valence-corrected chi connectivity index (χ2v) is 9.50. The lowest BCUT2D eigenvalue weighted by atomic mass is 10.0. The zero-order valence-electron chi connectivity index (χ0n) is 18.8. The average molecular weight is 461 g/mol. The molecule has 7 heteroatoms. The number of benzene rings is 2. The molecule has 3 aromatic rings. The van der Waals surface area contributed by atoms with Crippen LogP contribution < -0.4 is 10.9 Å². The normalized spacial score (nSPS) is 14.8. The molecule has 1 saturated carbocycles. The molecule has 1 N–H and O–H groups in total. The van der Waals surface area contributed by atoms with Gasteiger partial charge in [-0.05, 0) is 68.4 Å². The molecular formula is C26H28N4O2S. The van der Waals surface area contributed by atoms with Crippen molar-refractivity contribution in [3.8, 4) is 11.8 Å². The minimum atomic E-state index is -0.761. The lowest BCUT2D eigenvalue weighted by molar-refractivity contribution is -0.119. The smallest absolute Gasteiger partial charge is 0.266 e. The molecule has 0 spiro atoms. The van der Waals surface area contributed by atoms with Gasteiger partial charge >= 0.3 is 0 Å². The van der Waals surface area contributed by atoms with Gasteiger partial charge in [-0.3, -0.25) is 14.2 Å². The molecule has 170 valence electrons. The average Bonchev–Trinajstić information content (AvgIpc) is 3.31. The first-order chi connectivity index (χ1) is 16.0. The van der Waals surface area contributed by atoms with Crippen LogP contribution in [0.4, 0.5) is 0 Å². The first kappa shape index (κ1) is 23.1. The molecule has 1 aliphatic carbocycles. The molecule has 4 rings (SSSR count). The Hall–Kier alpha value is -3.11. The third-order valence-electron chi connectivity index (χ3n) is 6.14. The van der Waals surface area contributed by atoms with Crippen molar-refractivity contribution in [2.45, 2.75) is 62.6 Å². The Labute approximate surface area is 198 Å². The summed E-state index contributed by atoms with van der Waals surface area (Å²) in [5, 5.41) is 13.5. The van der Waals surface area contributed by atoms with Gasteiger partial charge in [-0.25, -0.2) is 4.98 Å². The zero-order valence-corrected chi connectivity index (χ0v) is 19.7. The van der Waals surface area contributed by atoms with E-state index < -0.39 is 5.54 Å². The zero-order chi connectivity index (χ0) is 23.3. The maximum atomic E-state index is 13.4. The van der Waals surface area contributed by atoms with Crippen LogP contribution in [-0.2, 0) is 11.2 Å². The number of fused-ring (bicyclic) bond motifs is 1. The summed E-state index contributed by atoms with van der Waals surface area (Å²) in [6.45, 7) is 2.17. The predicted molar refractivity (Wildman–Crippen MR) is 132 cm³/mol. The Bertz CT molecular complexity index is 1240. The van der Waals surface area contributed by atoms with E-state index in [-0.39, 0.29) is 17.2 Å². The highest BCUT2D eigenvalue weighted by Crippen LogP contribution is 2.29. The topological polar surface area (TPSA) is 87.8 Å². The molecule has 1 amide bonds. The molecule has 1 heterocycles. The summed E-state index contributed by atoms with van der Waals surface area (Å²) in [6, 6.07) is 17.5. The fraction of sp³-hybridized carbons (Fsp3) is 0.385. The number of para-hydroxylation sites is 1. The summed E-state index contributed by atoms with van der Waals surface area (Å²) in [5.74, 6) is -0.129. The van der Waals surface area contributed by atoms with Crippen LogP contribution in [0.3, 0.4) is 0 Å². The molecule has 2 aromatic carbocycles. The number of hydrogen-bond acceptors (Lipinski definition) is 5. The van der Waals surface area contributed by atoms with Gasteiger partial charge in [-0.2, -0.15) is 5.26 Å². The number of aromatic nitrogens is 2. The Kier molecular flexibility index (Phi) is 7.14.